The molecule has 0 saturated heterocycles. The number of hydrogen-bond acceptors (Lipinski definition) is 4. The topological polar surface area (TPSA) is 88.1 Å². The van der Waals surface area contributed by atoms with Gasteiger partial charge in [0.2, 0.25) is 0 Å². The van der Waals surface area contributed by atoms with Crippen LogP contribution >= 0.6 is 0 Å². The Morgan fingerprint density at radius 3 is 2.79 bits per heavy atom. The number of rotatable bonds is 5. The number of nitrogens with one attached hydrogen (secondary N) is 1. The molecule has 19 heavy (non-hydrogen) atoms. The average Bonchev–Trinajstić information content (AvgIpc) is 2.36. The molecule has 3 N–H and O–H groups in total. The third-order valence-corrected chi connectivity index (χ3v) is 3.01. The first-order chi connectivity index (χ1) is 8.87. The highest BCUT2D eigenvalue weighted by Crippen LogP contribution is 2.16. The first kappa shape index (κ1) is 14.8. The van der Waals surface area contributed by atoms with Crippen LogP contribution in [0.5, 0.6) is 5.75 Å². The second-order valence-electron chi connectivity index (χ2n) is 4.88. The van der Waals surface area contributed by atoms with Crippen molar-refractivity contribution in [2.24, 2.45) is 5.92 Å². The van der Waals surface area contributed by atoms with E-state index in [2.05, 4.69) is 11.4 Å². The number of hydrogen-bond donors (Lipinski definition) is 2. The fraction of sp³-hybridized carbons (Fsp3) is 0.429. The van der Waals surface area contributed by atoms with Gasteiger partial charge in [-0.15, -0.1) is 0 Å². The van der Waals surface area contributed by atoms with Crippen molar-refractivity contribution in [1.82, 2.24) is 5.32 Å². The number of nitriles is 1. The SMILES string of the molecule is CC(C)C(C)(C#N)NC(=O)COc1cccc(N)c1. The predicted molar refractivity (Wildman–Crippen MR) is 73.3 cm³/mol. The lowest BCUT2D eigenvalue weighted by Crippen LogP contribution is -2.50. The molecule has 0 heterocycles. The number of ether oxygens (including phenoxy) is 1. The Kier molecular flexibility index (Phi) is 4.76. The summed E-state index contributed by atoms with van der Waals surface area (Å²) in [6.45, 7) is 5.30. The number of nitrogen functional groups attached to an aromatic ring is 1. The molecule has 0 aliphatic carbocycles. The van der Waals surface area contributed by atoms with Crippen molar-refractivity contribution in [2.45, 2.75) is 26.3 Å². The van der Waals surface area contributed by atoms with Crippen LogP contribution in [0.2, 0.25) is 0 Å². The van der Waals surface area contributed by atoms with Crippen molar-refractivity contribution in [1.29, 1.82) is 5.26 Å². The molecule has 0 aliphatic heterocycles. The van der Waals surface area contributed by atoms with Gasteiger partial charge in [-0.05, 0) is 25.0 Å². The van der Waals surface area contributed by atoms with Crippen LogP contribution < -0.4 is 15.8 Å². The molecule has 102 valence electrons. The zero-order valence-electron chi connectivity index (χ0n) is 11.4. The molecule has 0 fully saturated rings. The molecule has 1 rings (SSSR count). The number of carbonyl (C=O) groups excluding carboxylic acids is 1. The highest BCUT2D eigenvalue weighted by Gasteiger charge is 2.29. The van der Waals surface area contributed by atoms with Crippen LogP contribution in [0.4, 0.5) is 5.69 Å². The van der Waals surface area contributed by atoms with Crippen LogP contribution in [-0.2, 0) is 4.79 Å². The minimum atomic E-state index is -0.893. The standard InChI is InChI=1S/C14H19N3O2/c1-10(2)14(3,9-15)17-13(18)8-19-12-6-4-5-11(16)7-12/h4-7,10H,8,16H2,1-3H3,(H,17,18). The molecular weight excluding hydrogens is 242 g/mol. The van der Waals surface area contributed by atoms with Crippen LogP contribution in [-0.4, -0.2) is 18.1 Å². The van der Waals surface area contributed by atoms with Crippen molar-refractivity contribution >= 4 is 11.6 Å². The van der Waals surface area contributed by atoms with E-state index in [0.29, 0.717) is 11.4 Å². The van der Waals surface area contributed by atoms with Gasteiger partial charge in [0.25, 0.3) is 5.91 Å². The first-order valence-corrected chi connectivity index (χ1v) is 6.08. The normalized spacial score (nSPS) is 13.4. The van der Waals surface area contributed by atoms with Gasteiger partial charge in [-0.3, -0.25) is 4.79 Å². The fourth-order valence-corrected chi connectivity index (χ4v) is 1.38. The van der Waals surface area contributed by atoms with Crippen molar-refractivity contribution in [3.63, 3.8) is 0 Å². The van der Waals surface area contributed by atoms with Crippen LogP contribution in [0, 0.1) is 17.2 Å². The van der Waals surface area contributed by atoms with Gasteiger partial charge in [0, 0.05) is 11.8 Å². The molecule has 0 aromatic heterocycles. The second kappa shape index (κ2) is 6.10. The lowest BCUT2D eigenvalue weighted by molar-refractivity contribution is -0.124. The summed E-state index contributed by atoms with van der Waals surface area (Å²) in [6.07, 6.45) is 0. The summed E-state index contributed by atoms with van der Waals surface area (Å²) in [5, 5.41) is 11.8. The smallest absolute Gasteiger partial charge is 0.259 e. The Hall–Kier alpha value is -2.22. The van der Waals surface area contributed by atoms with Gasteiger partial charge in [0.15, 0.2) is 6.61 Å². The maximum Gasteiger partial charge on any atom is 0.259 e. The van der Waals surface area contributed by atoms with E-state index in [4.69, 9.17) is 15.7 Å². The fourth-order valence-electron chi connectivity index (χ4n) is 1.38. The minimum absolute atomic E-state index is 0.00817. The molecule has 0 spiro atoms. The number of amides is 1. The molecule has 1 amide bonds. The zero-order valence-corrected chi connectivity index (χ0v) is 11.4. The first-order valence-electron chi connectivity index (χ1n) is 6.08. The van der Waals surface area contributed by atoms with Gasteiger partial charge in [-0.2, -0.15) is 5.26 Å². The summed E-state index contributed by atoms with van der Waals surface area (Å²) in [5.41, 5.74) is 5.28. The van der Waals surface area contributed by atoms with Crippen molar-refractivity contribution in [3.05, 3.63) is 24.3 Å². The molecule has 1 aromatic rings. The quantitative estimate of drug-likeness (QED) is 0.790. The summed E-state index contributed by atoms with van der Waals surface area (Å²) < 4.78 is 5.32. The van der Waals surface area contributed by atoms with Crippen molar-refractivity contribution in [2.75, 3.05) is 12.3 Å². The molecular formula is C14H19N3O2. The largest absolute Gasteiger partial charge is 0.484 e. The molecule has 0 radical (unpaired) electrons. The summed E-state index contributed by atoms with van der Waals surface area (Å²) in [7, 11) is 0. The van der Waals surface area contributed by atoms with Gasteiger partial charge < -0.3 is 15.8 Å². The van der Waals surface area contributed by atoms with Crippen LogP contribution in [0.25, 0.3) is 0 Å². The van der Waals surface area contributed by atoms with E-state index >= 15 is 0 Å². The van der Waals surface area contributed by atoms with Gasteiger partial charge in [-0.1, -0.05) is 19.9 Å². The van der Waals surface area contributed by atoms with Crippen LogP contribution in [0.3, 0.4) is 0 Å². The number of nitrogens with two attached hydrogens (primary N) is 1. The van der Waals surface area contributed by atoms with Gasteiger partial charge in [0.1, 0.15) is 11.3 Å². The van der Waals surface area contributed by atoms with Crippen LogP contribution in [0.1, 0.15) is 20.8 Å². The Morgan fingerprint density at radius 1 is 1.58 bits per heavy atom. The summed E-state index contributed by atoms with van der Waals surface area (Å²) in [5.74, 6) is 0.201. The maximum absolute atomic E-state index is 11.8. The molecule has 1 aromatic carbocycles. The highest BCUT2D eigenvalue weighted by atomic mass is 16.5. The average molecular weight is 261 g/mol. The van der Waals surface area contributed by atoms with Gasteiger partial charge in [0.05, 0.1) is 6.07 Å². The second-order valence-corrected chi connectivity index (χ2v) is 4.88. The van der Waals surface area contributed by atoms with Gasteiger partial charge in [-0.25, -0.2) is 0 Å². The third kappa shape index (κ3) is 4.18. The monoisotopic (exact) mass is 261 g/mol. The maximum atomic E-state index is 11.8. The zero-order chi connectivity index (χ0) is 14.5. The van der Waals surface area contributed by atoms with E-state index in [1.807, 2.05) is 13.8 Å². The molecule has 0 saturated carbocycles. The van der Waals surface area contributed by atoms with E-state index in [9.17, 15) is 4.79 Å². The van der Waals surface area contributed by atoms with E-state index in [1.165, 1.54) is 0 Å². The summed E-state index contributed by atoms with van der Waals surface area (Å²) in [6, 6.07) is 8.95. The highest BCUT2D eigenvalue weighted by molar-refractivity contribution is 5.78. The lowest BCUT2D eigenvalue weighted by atomic mass is 9.90. The van der Waals surface area contributed by atoms with E-state index in [-0.39, 0.29) is 18.4 Å². The Morgan fingerprint density at radius 2 is 2.26 bits per heavy atom. The third-order valence-electron chi connectivity index (χ3n) is 3.01. The van der Waals surface area contributed by atoms with Crippen LogP contribution in [0.15, 0.2) is 24.3 Å². The molecule has 5 nitrogen and oxygen atoms in total. The van der Waals surface area contributed by atoms with Gasteiger partial charge >= 0.3 is 0 Å². The molecule has 0 aliphatic rings. The van der Waals surface area contributed by atoms with E-state index in [0.717, 1.165) is 0 Å². The number of benzene rings is 1. The Balaban J connectivity index is 2.55. The van der Waals surface area contributed by atoms with Crippen molar-refractivity contribution in [3.8, 4) is 11.8 Å². The van der Waals surface area contributed by atoms with Crippen molar-refractivity contribution < 1.29 is 9.53 Å². The predicted octanol–water partition coefficient (Wildman–Crippen LogP) is 1.70. The van der Waals surface area contributed by atoms with E-state index in [1.54, 1.807) is 31.2 Å². The Bertz CT molecular complexity index is 494. The molecule has 1 unspecified atom stereocenters. The Labute approximate surface area is 113 Å². The number of nitrogens with zero attached hydrogens (tertiary/aromatic N) is 1. The number of carbonyl (C=O) groups is 1. The molecule has 5 heteroatoms. The summed E-state index contributed by atoms with van der Waals surface area (Å²) in [4.78, 5) is 11.8. The number of anilines is 1. The molecule has 1 atom stereocenters. The lowest BCUT2D eigenvalue weighted by Gasteiger charge is -2.27. The minimum Gasteiger partial charge on any atom is -0.484 e. The van der Waals surface area contributed by atoms with E-state index < -0.39 is 5.54 Å². The molecule has 0 bridgehead atoms. The summed E-state index contributed by atoms with van der Waals surface area (Å²) >= 11 is 0.